The van der Waals surface area contributed by atoms with E-state index in [4.69, 9.17) is 0 Å². The molecule has 0 bridgehead atoms. The predicted molar refractivity (Wildman–Crippen MR) is 119 cm³/mol. The Morgan fingerprint density at radius 1 is 1.22 bits per heavy atom. The van der Waals surface area contributed by atoms with Crippen LogP contribution in [-0.4, -0.2) is 32.3 Å². The van der Waals surface area contributed by atoms with Crippen LogP contribution in [0.15, 0.2) is 53.2 Å². The molecule has 3 heterocycles. The first-order valence-electron chi connectivity index (χ1n) is 8.66. The van der Waals surface area contributed by atoms with Crippen LogP contribution in [0.3, 0.4) is 0 Å². The largest absolute Gasteiger partial charge is 0.355 e. The molecule has 144 valence electrons. The molecule has 0 saturated heterocycles. The molecule has 3 aromatic rings. The smallest absolute Gasteiger partial charge is 0.192 e. The van der Waals surface area contributed by atoms with Crippen molar-refractivity contribution in [2.24, 2.45) is 4.99 Å². The summed E-state index contributed by atoms with van der Waals surface area (Å²) < 4.78 is 2.06. The van der Waals surface area contributed by atoms with E-state index < -0.39 is 0 Å². The topological polar surface area (TPSA) is 80.0 Å². The zero-order chi connectivity index (χ0) is 18.0. The zero-order valence-electron chi connectivity index (χ0n) is 15.2. The van der Waals surface area contributed by atoms with Gasteiger partial charge in [0.25, 0.3) is 0 Å². The van der Waals surface area contributed by atoms with Crippen LogP contribution >= 0.6 is 35.3 Å². The molecule has 27 heavy (non-hydrogen) atoms. The Balaban J connectivity index is 0.00000261. The van der Waals surface area contributed by atoms with Gasteiger partial charge in [-0.1, -0.05) is 19.1 Å². The lowest BCUT2D eigenvalue weighted by molar-refractivity contribution is 0.631. The Hall–Kier alpha value is -2.01. The average Bonchev–Trinajstić information content (AvgIpc) is 3.36. The molecule has 0 spiro atoms. The number of hydrogen-bond acceptors (Lipinski definition) is 5. The van der Waals surface area contributed by atoms with Gasteiger partial charge in [-0.25, -0.2) is 4.99 Å². The molecule has 0 aliphatic rings. The summed E-state index contributed by atoms with van der Waals surface area (Å²) in [5, 5.41) is 16.9. The van der Waals surface area contributed by atoms with Crippen LogP contribution in [0.25, 0.3) is 0 Å². The summed E-state index contributed by atoms with van der Waals surface area (Å²) in [5.41, 5.74) is 0.941. The number of thiophene rings is 1. The van der Waals surface area contributed by atoms with E-state index in [1.165, 1.54) is 4.88 Å². The molecule has 0 aromatic carbocycles. The van der Waals surface area contributed by atoms with Gasteiger partial charge in [0, 0.05) is 30.6 Å². The van der Waals surface area contributed by atoms with Crippen LogP contribution in [-0.2, 0) is 26.1 Å². The highest BCUT2D eigenvalue weighted by Crippen LogP contribution is 2.07. The lowest BCUT2D eigenvalue weighted by atomic mass is 10.3. The van der Waals surface area contributed by atoms with Gasteiger partial charge in [0.1, 0.15) is 12.2 Å². The Morgan fingerprint density at radius 2 is 2.15 bits per heavy atom. The third-order valence-electron chi connectivity index (χ3n) is 3.79. The highest BCUT2D eigenvalue weighted by atomic mass is 127. The molecule has 0 saturated carbocycles. The Bertz CT molecular complexity index is 802. The maximum absolute atomic E-state index is 4.65. The van der Waals surface area contributed by atoms with Crippen LogP contribution in [0, 0.1) is 0 Å². The highest BCUT2D eigenvalue weighted by molar-refractivity contribution is 14.0. The average molecular weight is 497 g/mol. The molecule has 7 nitrogen and oxygen atoms in total. The molecule has 0 aliphatic carbocycles. The van der Waals surface area contributed by atoms with Gasteiger partial charge in [-0.15, -0.1) is 45.5 Å². The molecule has 0 radical (unpaired) electrons. The van der Waals surface area contributed by atoms with Crippen molar-refractivity contribution in [1.82, 2.24) is 30.4 Å². The van der Waals surface area contributed by atoms with Crippen molar-refractivity contribution in [3.63, 3.8) is 0 Å². The van der Waals surface area contributed by atoms with Crippen molar-refractivity contribution < 1.29 is 0 Å². The molecular formula is C18H24IN7S. The summed E-state index contributed by atoms with van der Waals surface area (Å²) >= 11 is 1.73. The van der Waals surface area contributed by atoms with Crippen molar-refractivity contribution in [3.8, 4) is 0 Å². The van der Waals surface area contributed by atoms with E-state index in [0.29, 0.717) is 6.54 Å². The lowest BCUT2D eigenvalue weighted by Crippen LogP contribution is -2.38. The van der Waals surface area contributed by atoms with Gasteiger partial charge in [0.15, 0.2) is 5.96 Å². The Morgan fingerprint density at radius 3 is 2.89 bits per heavy atom. The summed E-state index contributed by atoms with van der Waals surface area (Å²) in [6, 6.07) is 10.0. The molecule has 3 rings (SSSR count). The van der Waals surface area contributed by atoms with Gasteiger partial charge in [0.2, 0.25) is 0 Å². The minimum absolute atomic E-state index is 0. The minimum atomic E-state index is 0. The number of hydrogen-bond donors (Lipinski definition) is 2. The monoisotopic (exact) mass is 497 g/mol. The van der Waals surface area contributed by atoms with Crippen LogP contribution in [0.2, 0.25) is 0 Å². The van der Waals surface area contributed by atoms with Gasteiger partial charge in [0.05, 0.1) is 18.8 Å². The second-order valence-electron chi connectivity index (χ2n) is 5.64. The van der Waals surface area contributed by atoms with Crippen LogP contribution < -0.4 is 10.6 Å². The third kappa shape index (κ3) is 6.90. The number of halogens is 1. The van der Waals surface area contributed by atoms with E-state index in [-0.39, 0.29) is 24.0 Å². The van der Waals surface area contributed by atoms with E-state index in [1.807, 2.05) is 18.2 Å². The van der Waals surface area contributed by atoms with E-state index in [1.54, 1.807) is 23.9 Å². The first kappa shape index (κ1) is 21.3. The van der Waals surface area contributed by atoms with Crippen LogP contribution in [0.5, 0.6) is 0 Å². The number of pyridine rings is 1. The third-order valence-corrected chi connectivity index (χ3v) is 4.67. The normalized spacial score (nSPS) is 11.1. The van der Waals surface area contributed by atoms with Gasteiger partial charge in [-0.05, 0) is 23.6 Å². The summed E-state index contributed by atoms with van der Waals surface area (Å²) in [7, 11) is 0. The van der Waals surface area contributed by atoms with Crippen LogP contribution in [0.1, 0.15) is 23.3 Å². The SMILES string of the molecule is CCc1nncn1CCNC(=NCc1ccccn1)NCc1cccs1.I. The quantitative estimate of drug-likeness (QED) is 0.284. The van der Waals surface area contributed by atoms with Crippen molar-refractivity contribution >= 4 is 41.3 Å². The maximum Gasteiger partial charge on any atom is 0.192 e. The summed E-state index contributed by atoms with van der Waals surface area (Å²) in [6.07, 6.45) is 4.43. The fourth-order valence-corrected chi connectivity index (χ4v) is 3.09. The van der Waals surface area contributed by atoms with Crippen molar-refractivity contribution in [1.29, 1.82) is 0 Å². The zero-order valence-corrected chi connectivity index (χ0v) is 18.4. The fourth-order valence-electron chi connectivity index (χ4n) is 2.44. The summed E-state index contributed by atoms with van der Waals surface area (Å²) in [5.74, 6) is 1.76. The number of aromatic nitrogens is 4. The molecular weight excluding hydrogens is 473 g/mol. The molecule has 2 N–H and O–H groups in total. The number of aliphatic imine (C=N–C) groups is 1. The second-order valence-corrected chi connectivity index (χ2v) is 6.67. The second kappa shape index (κ2) is 11.7. The van der Waals surface area contributed by atoms with Gasteiger partial charge >= 0.3 is 0 Å². The number of rotatable bonds is 8. The molecule has 0 fully saturated rings. The number of nitrogens with zero attached hydrogens (tertiary/aromatic N) is 5. The van der Waals surface area contributed by atoms with Crippen LogP contribution in [0.4, 0.5) is 0 Å². The Kier molecular flexibility index (Phi) is 9.19. The molecule has 0 atom stereocenters. The lowest BCUT2D eigenvalue weighted by Gasteiger charge is -2.13. The van der Waals surface area contributed by atoms with Crippen molar-refractivity contribution in [3.05, 3.63) is 64.6 Å². The van der Waals surface area contributed by atoms with E-state index in [9.17, 15) is 0 Å². The maximum atomic E-state index is 4.65. The molecule has 0 unspecified atom stereocenters. The molecule has 3 aromatic heterocycles. The predicted octanol–water partition coefficient (Wildman–Crippen LogP) is 2.85. The standard InChI is InChI=1S/C18H23N7S.HI/c1-2-17-24-23-14-25(17)10-9-20-18(22-13-16-7-5-11-26-16)21-12-15-6-3-4-8-19-15;/h3-8,11,14H,2,9-10,12-13H2,1H3,(H2,20,21,22);1H. The summed E-state index contributed by atoms with van der Waals surface area (Å²) in [6.45, 7) is 4.89. The molecule has 0 aliphatic heterocycles. The molecule has 0 amide bonds. The van der Waals surface area contributed by atoms with E-state index in [0.717, 1.165) is 43.5 Å². The molecule has 9 heteroatoms. The summed E-state index contributed by atoms with van der Waals surface area (Å²) in [4.78, 5) is 10.2. The van der Waals surface area contributed by atoms with Gasteiger partial charge in [-0.2, -0.15) is 0 Å². The van der Waals surface area contributed by atoms with Gasteiger partial charge < -0.3 is 15.2 Å². The van der Waals surface area contributed by atoms with Gasteiger partial charge in [-0.3, -0.25) is 4.98 Å². The first-order valence-corrected chi connectivity index (χ1v) is 9.54. The number of aryl methyl sites for hydroxylation is 1. The highest BCUT2D eigenvalue weighted by Gasteiger charge is 2.04. The first-order chi connectivity index (χ1) is 12.8. The number of guanidine groups is 1. The Labute approximate surface area is 180 Å². The van der Waals surface area contributed by atoms with E-state index in [2.05, 4.69) is 59.8 Å². The fraction of sp³-hybridized carbons (Fsp3) is 0.333. The van der Waals surface area contributed by atoms with Crippen molar-refractivity contribution in [2.75, 3.05) is 6.54 Å². The van der Waals surface area contributed by atoms with E-state index >= 15 is 0 Å². The minimum Gasteiger partial charge on any atom is -0.355 e. The van der Waals surface area contributed by atoms with Crippen molar-refractivity contribution in [2.45, 2.75) is 33.0 Å². The number of nitrogens with one attached hydrogen (secondary N) is 2.